The topological polar surface area (TPSA) is 43.1 Å². The Balaban J connectivity index is 3.33. The van der Waals surface area contributed by atoms with Gasteiger partial charge in [0.25, 0.3) is 0 Å². The fraction of sp³-hybridized carbons (Fsp3) is 1.00. The van der Waals surface area contributed by atoms with Crippen LogP contribution < -0.4 is 5.73 Å². The molecule has 0 aliphatic heterocycles. The first-order valence-electron chi connectivity index (χ1n) is 2.75. The summed E-state index contributed by atoms with van der Waals surface area (Å²) in [5.41, 5.74) is 5.17. The standard InChI is InChI=1S/C5H13NOS/c1-5(2)8(7)4-3-6/h5H,3-4,6H2,1-2H3. The van der Waals surface area contributed by atoms with E-state index in [9.17, 15) is 4.21 Å². The first-order chi connectivity index (χ1) is 3.68. The molecule has 0 aromatic heterocycles. The summed E-state index contributed by atoms with van der Waals surface area (Å²) < 4.78 is 10.8. The van der Waals surface area contributed by atoms with Gasteiger partial charge in [-0.05, 0) is 0 Å². The highest BCUT2D eigenvalue weighted by molar-refractivity contribution is 7.85. The average Bonchev–Trinajstić information content (AvgIpc) is 1.67. The highest BCUT2D eigenvalue weighted by Crippen LogP contribution is 1.91. The van der Waals surface area contributed by atoms with Crippen LogP contribution in [-0.2, 0) is 10.8 Å². The van der Waals surface area contributed by atoms with E-state index in [0.717, 1.165) is 0 Å². The maximum absolute atomic E-state index is 10.8. The van der Waals surface area contributed by atoms with Crippen LogP contribution in [0, 0.1) is 0 Å². The van der Waals surface area contributed by atoms with Crippen molar-refractivity contribution in [2.75, 3.05) is 12.3 Å². The zero-order chi connectivity index (χ0) is 6.57. The van der Waals surface area contributed by atoms with Crippen molar-refractivity contribution in [2.24, 2.45) is 5.73 Å². The van der Waals surface area contributed by atoms with Crippen LogP contribution in [0.4, 0.5) is 0 Å². The van der Waals surface area contributed by atoms with Gasteiger partial charge in [0, 0.05) is 28.3 Å². The van der Waals surface area contributed by atoms with E-state index in [1.54, 1.807) is 0 Å². The van der Waals surface area contributed by atoms with E-state index in [-0.39, 0.29) is 5.25 Å². The summed E-state index contributed by atoms with van der Waals surface area (Å²) in [6.07, 6.45) is 0. The minimum Gasteiger partial charge on any atom is -0.330 e. The van der Waals surface area contributed by atoms with E-state index in [2.05, 4.69) is 0 Å². The minimum absolute atomic E-state index is 0.263. The average molecular weight is 135 g/mol. The Morgan fingerprint density at radius 2 is 2.12 bits per heavy atom. The molecule has 0 spiro atoms. The molecule has 0 aliphatic carbocycles. The van der Waals surface area contributed by atoms with Gasteiger partial charge in [0.05, 0.1) is 0 Å². The van der Waals surface area contributed by atoms with Crippen molar-refractivity contribution < 1.29 is 4.21 Å². The van der Waals surface area contributed by atoms with Gasteiger partial charge in [0.1, 0.15) is 0 Å². The van der Waals surface area contributed by atoms with Crippen LogP contribution in [0.25, 0.3) is 0 Å². The summed E-state index contributed by atoms with van der Waals surface area (Å²) in [6.45, 7) is 4.41. The molecule has 0 fully saturated rings. The number of rotatable bonds is 3. The van der Waals surface area contributed by atoms with Crippen molar-refractivity contribution in [1.82, 2.24) is 0 Å². The van der Waals surface area contributed by atoms with Gasteiger partial charge in [-0.25, -0.2) is 0 Å². The Kier molecular flexibility index (Phi) is 4.09. The van der Waals surface area contributed by atoms with Crippen LogP contribution in [0.15, 0.2) is 0 Å². The predicted octanol–water partition coefficient (Wildman–Crippen LogP) is 0.102. The molecule has 0 saturated heterocycles. The molecule has 1 unspecified atom stereocenters. The highest BCUT2D eigenvalue weighted by atomic mass is 32.2. The highest BCUT2D eigenvalue weighted by Gasteiger charge is 2.00. The number of hydrogen-bond acceptors (Lipinski definition) is 2. The van der Waals surface area contributed by atoms with Gasteiger partial charge < -0.3 is 5.73 Å². The molecule has 50 valence electrons. The fourth-order valence-electron chi connectivity index (χ4n) is 0.352. The Morgan fingerprint density at radius 3 is 2.25 bits per heavy atom. The molecule has 0 saturated carbocycles. The minimum atomic E-state index is -0.697. The zero-order valence-electron chi connectivity index (χ0n) is 5.39. The van der Waals surface area contributed by atoms with Crippen LogP contribution in [0.1, 0.15) is 13.8 Å². The van der Waals surface area contributed by atoms with Crippen molar-refractivity contribution >= 4 is 10.8 Å². The smallest absolute Gasteiger partial charge is 0.0360 e. The lowest BCUT2D eigenvalue weighted by molar-refractivity contribution is 0.676. The van der Waals surface area contributed by atoms with Gasteiger partial charge >= 0.3 is 0 Å². The maximum atomic E-state index is 10.8. The molecule has 0 radical (unpaired) electrons. The van der Waals surface area contributed by atoms with Crippen molar-refractivity contribution in [3.8, 4) is 0 Å². The normalized spacial score (nSPS) is 14.5. The van der Waals surface area contributed by atoms with E-state index >= 15 is 0 Å². The number of nitrogens with two attached hydrogens (primary N) is 1. The lowest BCUT2D eigenvalue weighted by Crippen LogP contribution is -2.16. The molecule has 0 bridgehead atoms. The van der Waals surface area contributed by atoms with Crippen molar-refractivity contribution in [1.29, 1.82) is 0 Å². The van der Waals surface area contributed by atoms with Gasteiger partial charge in [-0.15, -0.1) is 0 Å². The van der Waals surface area contributed by atoms with Crippen molar-refractivity contribution in [3.63, 3.8) is 0 Å². The summed E-state index contributed by atoms with van der Waals surface area (Å²) in [6, 6.07) is 0. The quantitative estimate of drug-likeness (QED) is 0.596. The van der Waals surface area contributed by atoms with E-state index in [0.29, 0.717) is 12.3 Å². The molecule has 1 atom stereocenters. The molecule has 0 aromatic rings. The third-order valence-corrected chi connectivity index (χ3v) is 2.53. The molecule has 0 aliphatic rings. The molecule has 8 heavy (non-hydrogen) atoms. The van der Waals surface area contributed by atoms with E-state index in [1.807, 2.05) is 13.8 Å². The third kappa shape index (κ3) is 3.16. The molecular formula is C5H13NOS. The molecule has 0 rings (SSSR count). The summed E-state index contributed by atoms with van der Waals surface area (Å²) in [4.78, 5) is 0. The maximum Gasteiger partial charge on any atom is 0.0360 e. The number of hydrogen-bond donors (Lipinski definition) is 1. The molecule has 0 heterocycles. The van der Waals surface area contributed by atoms with E-state index < -0.39 is 10.8 Å². The Bertz CT molecular complexity index is 82.5. The zero-order valence-corrected chi connectivity index (χ0v) is 6.20. The Morgan fingerprint density at radius 1 is 1.62 bits per heavy atom. The fourth-order valence-corrected chi connectivity index (χ4v) is 1.06. The summed E-state index contributed by atoms with van der Waals surface area (Å²) in [7, 11) is -0.697. The molecule has 2 N–H and O–H groups in total. The van der Waals surface area contributed by atoms with Gasteiger partial charge in [-0.1, -0.05) is 13.8 Å². The van der Waals surface area contributed by atoms with Gasteiger partial charge in [0.2, 0.25) is 0 Å². The molecule has 0 amide bonds. The molecular weight excluding hydrogens is 122 g/mol. The second kappa shape index (κ2) is 4.04. The Hall–Kier alpha value is 0.110. The van der Waals surface area contributed by atoms with E-state index in [4.69, 9.17) is 5.73 Å². The summed E-state index contributed by atoms with van der Waals surface area (Å²) >= 11 is 0. The van der Waals surface area contributed by atoms with Gasteiger partial charge in [-0.3, -0.25) is 4.21 Å². The third-order valence-electron chi connectivity index (χ3n) is 0.845. The Labute approximate surface area is 52.9 Å². The van der Waals surface area contributed by atoms with Crippen molar-refractivity contribution in [2.45, 2.75) is 19.1 Å². The van der Waals surface area contributed by atoms with Crippen LogP contribution in [0.3, 0.4) is 0 Å². The molecule has 2 nitrogen and oxygen atoms in total. The second-order valence-corrected chi connectivity index (χ2v) is 4.03. The lowest BCUT2D eigenvalue weighted by atomic mass is 10.6. The van der Waals surface area contributed by atoms with Gasteiger partial charge in [0.15, 0.2) is 0 Å². The monoisotopic (exact) mass is 135 g/mol. The van der Waals surface area contributed by atoms with E-state index in [1.165, 1.54) is 0 Å². The first-order valence-corrected chi connectivity index (χ1v) is 4.14. The van der Waals surface area contributed by atoms with Crippen LogP contribution in [0.2, 0.25) is 0 Å². The first kappa shape index (κ1) is 8.11. The summed E-state index contributed by atoms with van der Waals surface area (Å²) in [5, 5.41) is 0.263. The van der Waals surface area contributed by atoms with Crippen LogP contribution in [-0.4, -0.2) is 21.8 Å². The largest absolute Gasteiger partial charge is 0.330 e. The second-order valence-electron chi connectivity index (χ2n) is 1.92. The predicted molar refractivity (Wildman–Crippen MR) is 37.2 cm³/mol. The SMILES string of the molecule is CC(C)S(=O)CCN. The van der Waals surface area contributed by atoms with Gasteiger partial charge in [-0.2, -0.15) is 0 Å². The molecule has 3 heteroatoms. The lowest BCUT2D eigenvalue weighted by Gasteiger charge is -2.00. The van der Waals surface area contributed by atoms with Crippen LogP contribution >= 0.6 is 0 Å². The molecule has 0 aromatic carbocycles. The van der Waals surface area contributed by atoms with Crippen molar-refractivity contribution in [3.05, 3.63) is 0 Å². The van der Waals surface area contributed by atoms with Crippen LogP contribution in [0.5, 0.6) is 0 Å². The summed E-state index contributed by atoms with van der Waals surface area (Å²) in [5.74, 6) is 0.637.